The highest BCUT2D eigenvalue weighted by Gasteiger charge is 2.40. The molecule has 2 heteroatoms. The Morgan fingerprint density at radius 1 is 1.10 bits per heavy atom. The van der Waals surface area contributed by atoms with Gasteiger partial charge in [-0.15, -0.1) is 0 Å². The largest absolute Gasteiger partial charge is 0.271 e. The van der Waals surface area contributed by atoms with Gasteiger partial charge in [-0.3, -0.25) is 11.3 Å². The third-order valence-electron chi connectivity index (χ3n) is 5.15. The highest BCUT2D eigenvalue weighted by atomic mass is 15.2. The lowest BCUT2D eigenvalue weighted by Gasteiger charge is -2.45. The minimum Gasteiger partial charge on any atom is -0.271 e. The van der Waals surface area contributed by atoms with E-state index in [4.69, 9.17) is 5.84 Å². The molecule has 3 N–H and O–H groups in total. The zero-order chi connectivity index (χ0) is 15.3. The number of hydrazine groups is 1. The van der Waals surface area contributed by atoms with Crippen LogP contribution < -0.4 is 11.3 Å². The average Bonchev–Trinajstić information content (AvgIpc) is 2.48. The number of benzene rings is 1. The molecule has 1 saturated carbocycles. The van der Waals surface area contributed by atoms with E-state index in [0.29, 0.717) is 11.5 Å². The molecule has 0 spiro atoms. The number of nitrogens with two attached hydrogens (primary N) is 1. The van der Waals surface area contributed by atoms with Gasteiger partial charge in [-0.25, -0.2) is 0 Å². The fraction of sp³-hybridized carbons (Fsp3) is 0.684. The average molecular weight is 288 g/mol. The van der Waals surface area contributed by atoms with Crippen molar-refractivity contribution in [2.75, 3.05) is 0 Å². The van der Waals surface area contributed by atoms with E-state index in [2.05, 4.69) is 56.5 Å². The van der Waals surface area contributed by atoms with Crippen molar-refractivity contribution in [1.82, 2.24) is 5.43 Å². The molecule has 2 nitrogen and oxygen atoms in total. The van der Waals surface area contributed by atoms with Crippen molar-refractivity contribution in [2.24, 2.45) is 11.3 Å². The highest BCUT2D eigenvalue weighted by Crippen LogP contribution is 2.44. The van der Waals surface area contributed by atoms with Crippen LogP contribution in [0.2, 0.25) is 0 Å². The molecule has 0 amide bonds. The first-order valence-corrected chi connectivity index (χ1v) is 8.50. The minimum absolute atomic E-state index is 0.222. The Kier molecular flexibility index (Phi) is 5.45. The Balaban J connectivity index is 2.25. The Morgan fingerprint density at radius 3 is 2.24 bits per heavy atom. The van der Waals surface area contributed by atoms with E-state index in [1.54, 1.807) is 0 Å². The summed E-state index contributed by atoms with van der Waals surface area (Å²) in [6.07, 6.45) is 8.88. The van der Waals surface area contributed by atoms with Crippen LogP contribution in [-0.2, 0) is 5.41 Å². The molecule has 0 heterocycles. The van der Waals surface area contributed by atoms with E-state index in [1.165, 1.54) is 44.1 Å². The molecule has 1 unspecified atom stereocenters. The zero-order valence-electron chi connectivity index (χ0n) is 14.0. The van der Waals surface area contributed by atoms with Crippen LogP contribution in [0.3, 0.4) is 0 Å². The fourth-order valence-electron chi connectivity index (χ4n) is 3.89. The first-order chi connectivity index (χ1) is 9.98. The molecule has 21 heavy (non-hydrogen) atoms. The van der Waals surface area contributed by atoms with Gasteiger partial charge in [0.15, 0.2) is 0 Å². The van der Waals surface area contributed by atoms with Gasteiger partial charge in [0.1, 0.15) is 0 Å². The summed E-state index contributed by atoms with van der Waals surface area (Å²) in [6.45, 7) is 6.95. The smallest absolute Gasteiger partial charge is 0.0307 e. The molecule has 2 rings (SSSR count). The molecule has 0 aliphatic heterocycles. The summed E-state index contributed by atoms with van der Waals surface area (Å²) in [5.74, 6) is 6.01. The summed E-state index contributed by atoms with van der Waals surface area (Å²) in [5.41, 5.74) is 5.24. The quantitative estimate of drug-likeness (QED) is 0.616. The lowest BCUT2D eigenvalue weighted by atomic mass is 9.63. The zero-order valence-corrected chi connectivity index (χ0v) is 14.0. The van der Waals surface area contributed by atoms with Crippen LogP contribution in [0.15, 0.2) is 30.3 Å². The SMILES string of the molecule is CC(C)(C)CCC(NN)C1(c2ccccc2)CCCCC1. The molecule has 1 fully saturated rings. The fourth-order valence-corrected chi connectivity index (χ4v) is 3.89. The maximum absolute atomic E-state index is 6.01. The molecule has 0 bridgehead atoms. The van der Waals surface area contributed by atoms with Crippen molar-refractivity contribution < 1.29 is 0 Å². The Morgan fingerprint density at radius 2 is 1.71 bits per heavy atom. The molecule has 1 aromatic carbocycles. The standard InChI is InChI=1S/C19H32N2/c1-18(2,3)15-12-17(21-20)19(13-8-5-9-14-19)16-10-6-4-7-11-16/h4,6-7,10-11,17,21H,5,8-9,12-15,20H2,1-3H3. The molecule has 1 atom stereocenters. The van der Waals surface area contributed by atoms with Crippen molar-refractivity contribution in [1.29, 1.82) is 0 Å². The van der Waals surface area contributed by atoms with Gasteiger partial charge < -0.3 is 0 Å². The molecule has 0 radical (unpaired) electrons. The molecular weight excluding hydrogens is 256 g/mol. The second-order valence-corrected chi connectivity index (χ2v) is 7.90. The van der Waals surface area contributed by atoms with E-state index in [9.17, 15) is 0 Å². The summed E-state index contributed by atoms with van der Waals surface area (Å²) < 4.78 is 0. The molecule has 0 aromatic heterocycles. The van der Waals surface area contributed by atoms with E-state index in [-0.39, 0.29) is 5.41 Å². The number of hydrogen-bond donors (Lipinski definition) is 2. The van der Waals surface area contributed by atoms with E-state index >= 15 is 0 Å². The number of rotatable bonds is 5. The van der Waals surface area contributed by atoms with Crippen molar-refractivity contribution in [3.05, 3.63) is 35.9 Å². The first kappa shape index (κ1) is 16.5. The van der Waals surface area contributed by atoms with Crippen molar-refractivity contribution in [3.8, 4) is 0 Å². The maximum Gasteiger partial charge on any atom is 0.0307 e. The maximum atomic E-state index is 6.01. The third kappa shape index (κ3) is 4.08. The highest BCUT2D eigenvalue weighted by molar-refractivity contribution is 5.28. The second-order valence-electron chi connectivity index (χ2n) is 7.90. The van der Waals surface area contributed by atoms with Crippen LogP contribution >= 0.6 is 0 Å². The topological polar surface area (TPSA) is 38.0 Å². The molecule has 0 saturated heterocycles. The predicted octanol–water partition coefficient (Wildman–Crippen LogP) is 4.55. The summed E-state index contributed by atoms with van der Waals surface area (Å²) in [5, 5.41) is 0. The minimum atomic E-state index is 0.222. The van der Waals surface area contributed by atoms with Gasteiger partial charge in [0.2, 0.25) is 0 Å². The van der Waals surface area contributed by atoms with Gasteiger partial charge in [0.05, 0.1) is 0 Å². The van der Waals surface area contributed by atoms with Crippen molar-refractivity contribution in [3.63, 3.8) is 0 Å². The van der Waals surface area contributed by atoms with E-state index < -0.39 is 0 Å². The number of hydrogen-bond acceptors (Lipinski definition) is 2. The van der Waals surface area contributed by atoms with Gasteiger partial charge >= 0.3 is 0 Å². The predicted molar refractivity (Wildman–Crippen MR) is 91.0 cm³/mol. The van der Waals surface area contributed by atoms with Crippen LogP contribution in [0.5, 0.6) is 0 Å². The lowest BCUT2D eigenvalue weighted by Crippen LogP contribution is -2.52. The van der Waals surface area contributed by atoms with Crippen LogP contribution in [-0.4, -0.2) is 6.04 Å². The molecule has 118 valence electrons. The van der Waals surface area contributed by atoms with Crippen molar-refractivity contribution >= 4 is 0 Å². The molecule has 1 aliphatic carbocycles. The molecular formula is C19H32N2. The van der Waals surface area contributed by atoms with Gasteiger partial charge in [-0.2, -0.15) is 0 Å². The summed E-state index contributed by atoms with van der Waals surface area (Å²) in [7, 11) is 0. The summed E-state index contributed by atoms with van der Waals surface area (Å²) in [6, 6.07) is 11.4. The second kappa shape index (κ2) is 6.93. The molecule has 1 aromatic rings. The van der Waals surface area contributed by atoms with Gasteiger partial charge in [0.25, 0.3) is 0 Å². The Bertz CT molecular complexity index is 413. The van der Waals surface area contributed by atoms with Crippen molar-refractivity contribution in [2.45, 2.75) is 77.2 Å². The van der Waals surface area contributed by atoms with Gasteiger partial charge in [-0.1, -0.05) is 70.4 Å². The Hall–Kier alpha value is -0.860. The Labute approximate surface area is 130 Å². The summed E-state index contributed by atoms with van der Waals surface area (Å²) >= 11 is 0. The number of nitrogens with one attached hydrogen (secondary N) is 1. The van der Waals surface area contributed by atoms with E-state index in [0.717, 1.165) is 6.42 Å². The van der Waals surface area contributed by atoms with Crippen LogP contribution in [0.1, 0.15) is 71.3 Å². The van der Waals surface area contributed by atoms with Gasteiger partial charge in [0, 0.05) is 11.5 Å². The first-order valence-electron chi connectivity index (χ1n) is 8.50. The monoisotopic (exact) mass is 288 g/mol. The lowest BCUT2D eigenvalue weighted by molar-refractivity contribution is 0.187. The summed E-state index contributed by atoms with van der Waals surface area (Å²) in [4.78, 5) is 0. The normalized spacial score (nSPS) is 20.2. The van der Waals surface area contributed by atoms with Crippen LogP contribution in [0.4, 0.5) is 0 Å². The third-order valence-corrected chi connectivity index (χ3v) is 5.15. The van der Waals surface area contributed by atoms with Crippen LogP contribution in [0.25, 0.3) is 0 Å². The molecule has 1 aliphatic rings. The van der Waals surface area contributed by atoms with Gasteiger partial charge in [-0.05, 0) is 36.7 Å². The van der Waals surface area contributed by atoms with Crippen LogP contribution in [0, 0.1) is 5.41 Å². The van der Waals surface area contributed by atoms with E-state index in [1.807, 2.05) is 0 Å².